The summed E-state index contributed by atoms with van der Waals surface area (Å²) in [5, 5.41) is 0. The number of hydrogen-bond acceptors (Lipinski definition) is 0. The summed E-state index contributed by atoms with van der Waals surface area (Å²) in [6, 6.07) is 0. The van der Waals surface area contributed by atoms with Crippen LogP contribution in [0.4, 0.5) is 0 Å². The van der Waals surface area contributed by atoms with Crippen LogP contribution < -0.4 is 0 Å². The molecule has 6 fully saturated rings. The molecule has 0 aliphatic heterocycles. The molecule has 0 aromatic heterocycles. The predicted octanol–water partition coefficient (Wildman–Crippen LogP) is 2.20. The highest BCUT2D eigenvalue weighted by Crippen LogP contribution is 2.69. The summed E-state index contributed by atoms with van der Waals surface area (Å²) >= 11 is 0. The molecule has 8 heavy (non-hydrogen) atoms. The fourth-order valence-corrected chi connectivity index (χ4v) is 3.47. The van der Waals surface area contributed by atoms with E-state index >= 15 is 0 Å². The Balaban J connectivity index is 1.99. The molecule has 0 saturated heterocycles. The van der Waals surface area contributed by atoms with Crippen molar-refractivity contribution in [3.63, 3.8) is 0 Å². The Kier molecular flexibility index (Phi) is 0.427. The maximum atomic E-state index is 1.61. The first-order valence-electron chi connectivity index (χ1n) is 3.86. The van der Waals surface area contributed by atoms with Gasteiger partial charge in [-0.15, -0.1) is 0 Å². The molecule has 0 aromatic carbocycles. The quantitative estimate of drug-likeness (QED) is 0.446. The third kappa shape index (κ3) is 0.260. The highest BCUT2D eigenvalue weighted by atomic mass is 14.6. The van der Waals surface area contributed by atoms with Crippen LogP contribution in [-0.2, 0) is 0 Å². The first-order valence-corrected chi connectivity index (χ1v) is 3.86. The molecule has 0 unspecified atom stereocenters. The molecule has 0 heteroatoms. The van der Waals surface area contributed by atoms with Crippen LogP contribution in [0.2, 0.25) is 0 Å². The van der Waals surface area contributed by atoms with Gasteiger partial charge in [0.15, 0.2) is 0 Å². The van der Waals surface area contributed by atoms with Crippen molar-refractivity contribution in [3.05, 3.63) is 0 Å². The highest BCUT2D eigenvalue weighted by Gasteiger charge is 2.58. The average Bonchev–Trinajstić information content (AvgIpc) is 1.61. The van der Waals surface area contributed by atoms with E-state index in [4.69, 9.17) is 0 Å². The van der Waals surface area contributed by atoms with Gasteiger partial charge in [0.1, 0.15) is 0 Å². The summed E-state index contributed by atoms with van der Waals surface area (Å²) in [7, 11) is 0. The van der Waals surface area contributed by atoms with E-state index in [-0.39, 0.29) is 0 Å². The number of hydrogen-bond donors (Lipinski definition) is 0. The second-order valence-electron chi connectivity index (χ2n) is 4.28. The Morgan fingerprint density at radius 2 is 1.38 bits per heavy atom. The topological polar surface area (TPSA) is 0 Å². The summed E-state index contributed by atoms with van der Waals surface area (Å²) in [5.74, 6) is 2.39. The van der Waals surface area contributed by atoms with Crippen LogP contribution in [0.5, 0.6) is 0 Å². The smallest absolute Gasteiger partial charge is 0.0287 e. The zero-order valence-electron chi connectivity index (χ0n) is 5.19. The van der Waals surface area contributed by atoms with Crippen molar-refractivity contribution in [2.75, 3.05) is 0 Å². The third-order valence-electron chi connectivity index (χ3n) is 3.55. The van der Waals surface area contributed by atoms with E-state index in [0.717, 1.165) is 5.41 Å². The molecule has 0 N–H and O–H groups in total. The molecule has 0 heterocycles. The van der Waals surface area contributed by atoms with Crippen LogP contribution >= 0.6 is 0 Å². The number of rotatable bonds is 0. The zero-order valence-corrected chi connectivity index (χ0v) is 5.19. The van der Waals surface area contributed by atoms with E-state index in [0.29, 0.717) is 0 Å². The molecule has 0 aromatic rings. The molecular formula is C8H12. The maximum absolute atomic E-state index is 1.61. The predicted molar refractivity (Wildman–Crippen MR) is 32.5 cm³/mol. The first kappa shape index (κ1) is 3.92. The van der Waals surface area contributed by atoms with Gasteiger partial charge in [-0.1, -0.05) is 0 Å². The molecule has 6 aliphatic carbocycles. The van der Waals surface area contributed by atoms with Crippen molar-refractivity contribution in [3.8, 4) is 0 Å². The third-order valence-corrected chi connectivity index (χ3v) is 3.55. The van der Waals surface area contributed by atoms with Gasteiger partial charge in [-0.3, -0.25) is 0 Å². The minimum absolute atomic E-state index is 0.966. The lowest BCUT2D eigenvalue weighted by atomic mass is 9.40. The standard InChI is InChI=1S/C8H12/c1-6-2-8(3-6)4-7(1)5-8/h6-7H,1-5H2. The van der Waals surface area contributed by atoms with Gasteiger partial charge >= 0.3 is 0 Å². The van der Waals surface area contributed by atoms with Gasteiger partial charge in [0, 0.05) is 0 Å². The minimum Gasteiger partial charge on any atom is -0.0475 e. The summed E-state index contributed by atoms with van der Waals surface area (Å²) < 4.78 is 0. The van der Waals surface area contributed by atoms with E-state index < -0.39 is 0 Å². The molecular weight excluding hydrogens is 96.1 g/mol. The molecule has 44 valence electrons. The molecule has 0 atom stereocenters. The SMILES string of the molecule is C1C2CC3(C2)CC1C3. The summed E-state index contributed by atoms with van der Waals surface area (Å²) in [4.78, 5) is 0. The summed E-state index contributed by atoms with van der Waals surface area (Å²) in [5.41, 5.74) is 0.966. The van der Waals surface area contributed by atoms with Gasteiger partial charge < -0.3 is 0 Å². The van der Waals surface area contributed by atoms with E-state index in [9.17, 15) is 0 Å². The Labute approximate surface area is 50.3 Å². The average molecular weight is 108 g/mol. The second-order valence-corrected chi connectivity index (χ2v) is 4.28. The van der Waals surface area contributed by atoms with Gasteiger partial charge in [-0.05, 0) is 49.4 Å². The van der Waals surface area contributed by atoms with Gasteiger partial charge in [-0.2, -0.15) is 0 Å². The molecule has 1 spiro atoms. The van der Waals surface area contributed by atoms with Crippen molar-refractivity contribution in [2.24, 2.45) is 17.3 Å². The zero-order chi connectivity index (χ0) is 5.19. The lowest BCUT2D eigenvalue weighted by Gasteiger charge is -2.65. The van der Waals surface area contributed by atoms with E-state index in [1.54, 1.807) is 32.1 Å². The molecule has 0 radical (unpaired) electrons. The lowest BCUT2D eigenvalue weighted by Crippen LogP contribution is -2.54. The van der Waals surface area contributed by atoms with E-state index in [1.165, 1.54) is 11.8 Å². The highest BCUT2D eigenvalue weighted by molar-refractivity contribution is 5.09. The van der Waals surface area contributed by atoms with Crippen LogP contribution in [0.3, 0.4) is 0 Å². The maximum Gasteiger partial charge on any atom is -0.0287 e. The Bertz CT molecular complexity index is 100.0. The van der Waals surface area contributed by atoms with Gasteiger partial charge in [0.05, 0.1) is 0 Å². The van der Waals surface area contributed by atoms with Crippen LogP contribution in [-0.4, -0.2) is 0 Å². The lowest BCUT2D eigenvalue weighted by molar-refractivity contribution is -0.144. The van der Waals surface area contributed by atoms with Crippen LogP contribution in [0.25, 0.3) is 0 Å². The van der Waals surface area contributed by atoms with Crippen molar-refractivity contribution in [1.29, 1.82) is 0 Å². The monoisotopic (exact) mass is 108 g/mol. The van der Waals surface area contributed by atoms with Crippen molar-refractivity contribution < 1.29 is 0 Å². The van der Waals surface area contributed by atoms with Crippen molar-refractivity contribution >= 4 is 0 Å². The van der Waals surface area contributed by atoms with Crippen LogP contribution in [0, 0.1) is 17.3 Å². The Morgan fingerprint density at radius 3 is 1.50 bits per heavy atom. The fourth-order valence-electron chi connectivity index (χ4n) is 3.47. The van der Waals surface area contributed by atoms with Crippen molar-refractivity contribution in [2.45, 2.75) is 32.1 Å². The minimum atomic E-state index is 0.966. The van der Waals surface area contributed by atoms with Crippen molar-refractivity contribution in [1.82, 2.24) is 0 Å². The van der Waals surface area contributed by atoms with Crippen LogP contribution in [0.1, 0.15) is 32.1 Å². The van der Waals surface area contributed by atoms with E-state index in [1.807, 2.05) is 0 Å². The molecule has 6 rings (SSSR count). The summed E-state index contributed by atoms with van der Waals surface area (Å²) in [6.45, 7) is 0. The summed E-state index contributed by atoms with van der Waals surface area (Å²) in [6.07, 6.45) is 8.06. The largest absolute Gasteiger partial charge is 0.0475 e. The van der Waals surface area contributed by atoms with Crippen LogP contribution in [0.15, 0.2) is 0 Å². The molecule has 6 saturated carbocycles. The van der Waals surface area contributed by atoms with E-state index in [2.05, 4.69) is 0 Å². The molecule has 0 nitrogen and oxygen atoms in total. The first-order chi connectivity index (χ1) is 3.86. The van der Waals surface area contributed by atoms with Gasteiger partial charge in [0.2, 0.25) is 0 Å². The van der Waals surface area contributed by atoms with Gasteiger partial charge in [0.25, 0.3) is 0 Å². The second kappa shape index (κ2) is 0.872. The Hall–Kier alpha value is 0. The Morgan fingerprint density at radius 1 is 0.875 bits per heavy atom. The molecule has 0 amide bonds. The molecule has 6 aliphatic rings. The molecule has 3 bridgehead atoms. The normalized spacial score (nSPS) is 66.0. The van der Waals surface area contributed by atoms with Gasteiger partial charge in [-0.25, -0.2) is 0 Å². The fraction of sp³-hybridized carbons (Fsp3) is 1.00.